The van der Waals surface area contributed by atoms with E-state index in [4.69, 9.17) is 9.47 Å². The number of epoxide rings is 1. The van der Waals surface area contributed by atoms with Crippen LogP contribution in [0, 0.1) is 0 Å². The zero-order valence-electron chi connectivity index (χ0n) is 13.2. The second-order valence-corrected chi connectivity index (χ2v) is 5.73. The van der Waals surface area contributed by atoms with Crippen LogP contribution in [0.4, 0.5) is 0 Å². The summed E-state index contributed by atoms with van der Waals surface area (Å²) in [6.45, 7) is 3.79. The highest BCUT2D eigenvalue weighted by molar-refractivity contribution is 5.33. The van der Waals surface area contributed by atoms with Crippen molar-refractivity contribution in [1.29, 1.82) is 0 Å². The maximum absolute atomic E-state index is 5.84. The van der Waals surface area contributed by atoms with Gasteiger partial charge < -0.3 is 9.47 Å². The summed E-state index contributed by atoms with van der Waals surface area (Å²) in [5, 5.41) is 0. The Morgan fingerprint density at radius 2 is 1.90 bits per heavy atom. The number of benzene rings is 1. The van der Waals surface area contributed by atoms with E-state index in [0.717, 1.165) is 25.2 Å². The molecule has 0 aliphatic carbocycles. The van der Waals surface area contributed by atoms with Crippen LogP contribution in [-0.4, -0.2) is 19.3 Å². The van der Waals surface area contributed by atoms with Crippen LogP contribution in [0.1, 0.15) is 51.0 Å². The molecular weight excluding hydrogens is 260 g/mol. The molecule has 0 N–H and O–H groups in total. The van der Waals surface area contributed by atoms with Gasteiger partial charge in [0, 0.05) is 0 Å². The number of ether oxygens (including phenoxy) is 2. The van der Waals surface area contributed by atoms with Crippen LogP contribution < -0.4 is 4.74 Å². The summed E-state index contributed by atoms with van der Waals surface area (Å²) in [6, 6.07) is 8.38. The topological polar surface area (TPSA) is 21.8 Å². The Hall–Kier alpha value is -1.28. The van der Waals surface area contributed by atoms with Crippen LogP contribution in [0.3, 0.4) is 0 Å². The molecule has 1 aliphatic heterocycles. The minimum atomic E-state index is 0.323. The van der Waals surface area contributed by atoms with Crippen molar-refractivity contribution in [3.05, 3.63) is 42.0 Å². The van der Waals surface area contributed by atoms with Gasteiger partial charge >= 0.3 is 0 Å². The summed E-state index contributed by atoms with van der Waals surface area (Å²) in [5.74, 6) is 1.03. The number of unbranched alkanes of at least 4 members (excludes halogenated alkanes) is 4. The molecule has 1 heterocycles. The average molecular weight is 288 g/mol. The molecule has 1 aliphatic rings. The average Bonchev–Trinajstić information content (AvgIpc) is 3.33. The van der Waals surface area contributed by atoms with Crippen LogP contribution in [0.5, 0.6) is 5.75 Å². The lowest BCUT2D eigenvalue weighted by atomic mass is 10.1. The molecule has 0 radical (unpaired) electrons. The quantitative estimate of drug-likeness (QED) is 0.327. The second-order valence-electron chi connectivity index (χ2n) is 5.73. The van der Waals surface area contributed by atoms with E-state index in [1.165, 1.54) is 37.7 Å². The van der Waals surface area contributed by atoms with Crippen LogP contribution in [0.2, 0.25) is 0 Å². The van der Waals surface area contributed by atoms with Gasteiger partial charge in [0.25, 0.3) is 0 Å². The molecule has 1 aromatic rings. The molecule has 0 aromatic heterocycles. The lowest BCUT2D eigenvalue weighted by Gasteiger charge is -2.10. The lowest BCUT2D eigenvalue weighted by molar-refractivity contribution is 0.261. The van der Waals surface area contributed by atoms with E-state index >= 15 is 0 Å². The summed E-state index contributed by atoms with van der Waals surface area (Å²) in [5.41, 5.74) is 1.32. The van der Waals surface area contributed by atoms with Gasteiger partial charge in [-0.2, -0.15) is 0 Å². The van der Waals surface area contributed by atoms with Gasteiger partial charge in [-0.05, 0) is 43.7 Å². The molecule has 1 unspecified atom stereocenters. The molecular formula is C19H28O2. The Kier molecular flexibility index (Phi) is 7.37. The van der Waals surface area contributed by atoms with Gasteiger partial charge in [-0.3, -0.25) is 0 Å². The molecule has 0 saturated carbocycles. The van der Waals surface area contributed by atoms with Gasteiger partial charge in [-0.1, -0.05) is 50.1 Å². The van der Waals surface area contributed by atoms with Gasteiger partial charge in [-0.15, -0.1) is 0 Å². The Morgan fingerprint density at radius 3 is 2.67 bits per heavy atom. The fourth-order valence-electron chi connectivity index (χ4n) is 2.36. The van der Waals surface area contributed by atoms with Crippen molar-refractivity contribution in [2.24, 2.45) is 0 Å². The third-order valence-electron chi connectivity index (χ3n) is 3.76. The lowest BCUT2D eigenvalue weighted by Crippen LogP contribution is -2.05. The number of allylic oxidation sites excluding steroid dienone is 2. The SMILES string of the molecule is CCCCC/C=C/CCCc1ccccc1OCC1CO1. The van der Waals surface area contributed by atoms with E-state index in [9.17, 15) is 0 Å². The maximum Gasteiger partial charge on any atom is 0.122 e. The maximum atomic E-state index is 5.84. The van der Waals surface area contributed by atoms with Crippen molar-refractivity contribution >= 4 is 0 Å². The van der Waals surface area contributed by atoms with Gasteiger partial charge in [0.05, 0.1) is 6.61 Å². The fraction of sp³-hybridized carbons (Fsp3) is 0.579. The molecule has 116 valence electrons. The van der Waals surface area contributed by atoms with Gasteiger partial charge in [0.15, 0.2) is 0 Å². The molecule has 2 rings (SSSR count). The molecule has 1 saturated heterocycles. The monoisotopic (exact) mass is 288 g/mol. The molecule has 2 heteroatoms. The third-order valence-corrected chi connectivity index (χ3v) is 3.76. The first-order valence-electron chi connectivity index (χ1n) is 8.37. The standard InChI is InChI=1S/C19H28O2/c1-2-3-4-5-6-7-8-9-12-17-13-10-11-14-19(17)21-16-18-15-20-18/h6-7,10-11,13-14,18H,2-5,8-9,12,15-16H2,1H3/b7-6+. The Morgan fingerprint density at radius 1 is 1.14 bits per heavy atom. The Bertz CT molecular complexity index is 421. The Balaban J connectivity index is 1.64. The third kappa shape index (κ3) is 6.81. The van der Waals surface area contributed by atoms with E-state index in [0.29, 0.717) is 12.7 Å². The fourth-order valence-corrected chi connectivity index (χ4v) is 2.36. The summed E-state index contributed by atoms with van der Waals surface area (Å²) in [6.07, 6.45) is 13.6. The molecule has 0 spiro atoms. The summed E-state index contributed by atoms with van der Waals surface area (Å²) in [7, 11) is 0. The first kappa shape index (κ1) is 16.1. The van der Waals surface area contributed by atoms with E-state index < -0.39 is 0 Å². The minimum Gasteiger partial charge on any atom is -0.491 e. The molecule has 1 atom stereocenters. The van der Waals surface area contributed by atoms with Crippen LogP contribution in [-0.2, 0) is 11.2 Å². The van der Waals surface area contributed by atoms with Crippen LogP contribution in [0.25, 0.3) is 0 Å². The normalized spacial score (nSPS) is 17.3. The van der Waals surface area contributed by atoms with Crippen molar-refractivity contribution in [3.8, 4) is 5.75 Å². The molecule has 0 amide bonds. The van der Waals surface area contributed by atoms with Crippen molar-refractivity contribution in [2.75, 3.05) is 13.2 Å². The predicted molar refractivity (Wildman–Crippen MR) is 87.9 cm³/mol. The largest absolute Gasteiger partial charge is 0.491 e. The van der Waals surface area contributed by atoms with Gasteiger partial charge in [0.2, 0.25) is 0 Å². The van der Waals surface area contributed by atoms with E-state index in [-0.39, 0.29) is 0 Å². The second kappa shape index (κ2) is 9.62. The highest BCUT2D eigenvalue weighted by Crippen LogP contribution is 2.22. The molecule has 1 aromatic carbocycles. The Labute approximate surface area is 129 Å². The van der Waals surface area contributed by atoms with E-state index in [2.05, 4.69) is 37.3 Å². The van der Waals surface area contributed by atoms with Gasteiger partial charge in [0.1, 0.15) is 18.5 Å². The highest BCUT2D eigenvalue weighted by Gasteiger charge is 2.23. The number of hydrogen-bond acceptors (Lipinski definition) is 2. The number of rotatable bonds is 11. The number of aryl methyl sites for hydroxylation is 1. The first-order valence-corrected chi connectivity index (χ1v) is 8.37. The molecule has 1 fully saturated rings. The molecule has 21 heavy (non-hydrogen) atoms. The number of hydrogen-bond donors (Lipinski definition) is 0. The smallest absolute Gasteiger partial charge is 0.122 e. The van der Waals surface area contributed by atoms with Gasteiger partial charge in [-0.25, -0.2) is 0 Å². The summed E-state index contributed by atoms with van der Waals surface area (Å²) >= 11 is 0. The van der Waals surface area contributed by atoms with E-state index in [1.807, 2.05) is 6.07 Å². The van der Waals surface area contributed by atoms with Crippen molar-refractivity contribution in [2.45, 2.75) is 58.0 Å². The predicted octanol–water partition coefficient (Wildman–Crippen LogP) is 4.92. The van der Waals surface area contributed by atoms with Crippen LogP contribution >= 0.6 is 0 Å². The van der Waals surface area contributed by atoms with E-state index in [1.54, 1.807) is 0 Å². The highest BCUT2D eigenvalue weighted by atomic mass is 16.6. The van der Waals surface area contributed by atoms with Crippen molar-refractivity contribution < 1.29 is 9.47 Å². The summed E-state index contributed by atoms with van der Waals surface area (Å²) in [4.78, 5) is 0. The first-order chi connectivity index (χ1) is 10.4. The zero-order chi connectivity index (χ0) is 14.8. The minimum absolute atomic E-state index is 0.323. The zero-order valence-corrected chi connectivity index (χ0v) is 13.2. The molecule has 0 bridgehead atoms. The number of para-hydroxylation sites is 1. The van der Waals surface area contributed by atoms with Crippen molar-refractivity contribution in [3.63, 3.8) is 0 Å². The molecule has 2 nitrogen and oxygen atoms in total. The van der Waals surface area contributed by atoms with Crippen molar-refractivity contribution in [1.82, 2.24) is 0 Å². The van der Waals surface area contributed by atoms with Crippen LogP contribution in [0.15, 0.2) is 36.4 Å². The summed E-state index contributed by atoms with van der Waals surface area (Å²) < 4.78 is 11.0.